The van der Waals surface area contributed by atoms with Crippen LogP contribution in [-0.2, 0) is 27.6 Å². The first-order chi connectivity index (χ1) is 14.1. The molecular formula is C19H19FN6O2S. The normalized spacial score (nSPS) is 12.6. The minimum atomic E-state index is -0.754. The van der Waals surface area contributed by atoms with E-state index in [-0.39, 0.29) is 5.82 Å². The number of benzene rings is 1. The second kappa shape index (κ2) is 8.48. The van der Waals surface area contributed by atoms with Gasteiger partial charge < -0.3 is 15.2 Å². The fraction of sp³-hybridized carbons (Fsp3) is 0.263. The zero-order valence-corrected chi connectivity index (χ0v) is 16.3. The van der Waals surface area contributed by atoms with Gasteiger partial charge in [-0.1, -0.05) is 0 Å². The second-order valence-corrected chi connectivity index (χ2v) is 7.50. The number of nitrogens with zero attached hydrogens (tertiary/aromatic N) is 4. The molecule has 150 valence electrons. The lowest BCUT2D eigenvalue weighted by molar-refractivity contribution is -0.136. The average Bonchev–Trinajstić information content (AvgIpc) is 3.45. The minimum absolute atomic E-state index is 0.357. The molecule has 8 nitrogen and oxygen atoms in total. The number of hydrogen-bond acceptors (Lipinski definition) is 5. The van der Waals surface area contributed by atoms with Gasteiger partial charge in [-0.2, -0.15) is 16.9 Å². The third kappa shape index (κ3) is 4.32. The molecule has 0 atom stereocenters. The molecule has 3 heterocycles. The fourth-order valence-electron chi connectivity index (χ4n) is 3.04. The Labute approximate surface area is 170 Å². The summed E-state index contributed by atoms with van der Waals surface area (Å²) in [5, 5.41) is 9.83. The number of amides is 2. The Kier molecular flexibility index (Phi) is 5.61. The molecule has 2 amide bonds. The summed E-state index contributed by atoms with van der Waals surface area (Å²) >= 11 is 1.69. The summed E-state index contributed by atoms with van der Waals surface area (Å²) in [4.78, 5) is 28.6. The number of thioether (sulfide) groups is 1. The van der Waals surface area contributed by atoms with Crippen molar-refractivity contribution < 1.29 is 14.0 Å². The van der Waals surface area contributed by atoms with Gasteiger partial charge in [-0.15, -0.1) is 0 Å². The van der Waals surface area contributed by atoms with Crippen LogP contribution in [0, 0.1) is 5.82 Å². The SMILES string of the molecule is O=C(NCCCn1ccnc1)C(=O)Nc1c2c(nn1-c1ccc(F)cc1)CSC2. The molecule has 0 unspecified atom stereocenters. The molecule has 4 rings (SSSR count). The third-order valence-corrected chi connectivity index (χ3v) is 5.47. The number of nitrogens with one attached hydrogen (secondary N) is 2. The number of anilines is 1. The van der Waals surface area contributed by atoms with Crippen molar-refractivity contribution in [2.75, 3.05) is 11.9 Å². The maximum Gasteiger partial charge on any atom is 0.314 e. The van der Waals surface area contributed by atoms with E-state index in [1.807, 2.05) is 10.8 Å². The zero-order valence-electron chi connectivity index (χ0n) is 15.5. The third-order valence-electron chi connectivity index (χ3n) is 4.50. The van der Waals surface area contributed by atoms with Crippen LogP contribution in [0.3, 0.4) is 0 Å². The van der Waals surface area contributed by atoms with Gasteiger partial charge in [0, 0.05) is 42.6 Å². The Morgan fingerprint density at radius 1 is 1.17 bits per heavy atom. The Hall–Kier alpha value is -3.14. The van der Waals surface area contributed by atoms with Gasteiger partial charge in [-0.05, 0) is 30.7 Å². The summed E-state index contributed by atoms with van der Waals surface area (Å²) in [5.74, 6) is 0.0585. The lowest BCUT2D eigenvalue weighted by atomic mass is 10.2. The number of hydrogen-bond donors (Lipinski definition) is 2. The van der Waals surface area contributed by atoms with Gasteiger partial charge in [0.15, 0.2) is 0 Å². The number of carbonyl (C=O) groups excluding carboxylic acids is 2. The van der Waals surface area contributed by atoms with Gasteiger partial charge >= 0.3 is 11.8 Å². The van der Waals surface area contributed by atoms with Crippen molar-refractivity contribution in [3.8, 4) is 5.69 Å². The Balaban J connectivity index is 1.42. The highest BCUT2D eigenvalue weighted by Gasteiger charge is 2.26. The lowest BCUT2D eigenvalue weighted by Gasteiger charge is -2.11. The van der Waals surface area contributed by atoms with Crippen LogP contribution in [0.2, 0.25) is 0 Å². The highest BCUT2D eigenvalue weighted by atomic mass is 32.2. The van der Waals surface area contributed by atoms with Crippen LogP contribution < -0.4 is 10.6 Å². The van der Waals surface area contributed by atoms with Crippen LogP contribution in [0.5, 0.6) is 0 Å². The molecule has 0 saturated heterocycles. The van der Waals surface area contributed by atoms with Gasteiger partial charge in [0.25, 0.3) is 0 Å². The van der Waals surface area contributed by atoms with Crippen LogP contribution in [0.1, 0.15) is 17.7 Å². The molecule has 0 radical (unpaired) electrons. The van der Waals surface area contributed by atoms with Crippen molar-refractivity contribution in [2.24, 2.45) is 0 Å². The highest BCUT2D eigenvalue weighted by Crippen LogP contribution is 2.36. The van der Waals surface area contributed by atoms with Crippen LogP contribution in [0.15, 0.2) is 43.0 Å². The number of fused-ring (bicyclic) bond motifs is 1. The molecule has 3 aromatic rings. The number of carbonyl (C=O) groups is 2. The zero-order chi connectivity index (χ0) is 20.2. The highest BCUT2D eigenvalue weighted by molar-refractivity contribution is 7.98. The molecule has 2 aromatic heterocycles. The molecule has 1 aliphatic rings. The van der Waals surface area contributed by atoms with Crippen molar-refractivity contribution in [1.82, 2.24) is 24.6 Å². The van der Waals surface area contributed by atoms with E-state index in [1.54, 1.807) is 41.1 Å². The Morgan fingerprint density at radius 3 is 2.76 bits per heavy atom. The topological polar surface area (TPSA) is 93.8 Å². The molecule has 0 fully saturated rings. The molecule has 2 N–H and O–H groups in total. The smallest absolute Gasteiger partial charge is 0.314 e. The molecule has 0 spiro atoms. The van der Waals surface area contributed by atoms with Crippen molar-refractivity contribution >= 4 is 29.4 Å². The second-order valence-electron chi connectivity index (χ2n) is 6.52. The van der Waals surface area contributed by atoms with Crippen molar-refractivity contribution in [2.45, 2.75) is 24.5 Å². The molecule has 0 bridgehead atoms. The molecule has 1 aromatic carbocycles. The quantitative estimate of drug-likeness (QED) is 0.476. The number of imidazole rings is 1. The first-order valence-electron chi connectivity index (χ1n) is 9.11. The lowest BCUT2D eigenvalue weighted by Crippen LogP contribution is -2.36. The van der Waals surface area contributed by atoms with Crippen molar-refractivity contribution in [1.29, 1.82) is 0 Å². The van der Waals surface area contributed by atoms with E-state index in [0.29, 0.717) is 36.8 Å². The van der Waals surface area contributed by atoms with E-state index in [0.717, 1.165) is 17.0 Å². The van der Waals surface area contributed by atoms with Crippen LogP contribution >= 0.6 is 11.8 Å². The standard InChI is InChI=1S/C19H19FN6O2S/c20-13-2-4-14(5-3-13)26-17(15-10-29-11-16(15)24-26)23-19(28)18(27)22-6-1-8-25-9-7-21-12-25/h2-5,7,9,12H,1,6,8,10-11H2,(H,22,27)(H,23,28). The van der Waals surface area contributed by atoms with Gasteiger partial charge in [-0.3, -0.25) is 9.59 Å². The summed E-state index contributed by atoms with van der Waals surface area (Å²) in [6, 6.07) is 5.82. The summed E-state index contributed by atoms with van der Waals surface area (Å²) in [5.41, 5.74) is 2.36. The van der Waals surface area contributed by atoms with E-state index in [2.05, 4.69) is 20.7 Å². The molecule has 1 aliphatic heterocycles. The maximum atomic E-state index is 13.3. The van der Waals surface area contributed by atoms with E-state index in [9.17, 15) is 14.0 Å². The maximum absolute atomic E-state index is 13.3. The van der Waals surface area contributed by atoms with Crippen LogP contribution in [-0.4, -0.2) is 37.7 Å². The van der Waals surface area contributed by atoms with E-state index >= 15 is 0 Å². The average molecular weight is 414 g/mol. The summed E-state index contributed by atoms with van der Waals surface area (Å²) in [6.45, 7) is 1.07. The summed E-state index contributed by atoms with van der Waals surface area (Å²) < 4.78 is 16.7. The van der Waals surface area contributed by atoms with E-state index < -0.39 is 11.8 Å². The Morgan fingerprint density at radius 2 is 2.00 bits per heavy atom. The first kappa shape index (κ1) is 19.2. The van der Waals surface area contributed by atoms with Crippen molar-refractivity contribution in [3.05, 3.63) is 60.1 Å². The molecular weight excluding hydrogens is 395 g/mol. The minimum Gasteiger partial charge on any atom is -0.348 e. The monoisotopic (exact) mass is 414 g/mol. The summed E-state index contributed by atoms with van der Waals surface area (Å²) in [7, 11) is 0. The predicted octanol–water partition coefficient (Wildman–Crippen LogP) is 2.10. The molecule has 29 heavy (non-hydrogen) atoms. The number of aromatic nitrogens is 4. The van der Waals surface area contributed by atoms with Crippen molar-refractivity contribution in [3.63, 3.8) is 0 Å². The molecule has 0 aliphatic carbocycles. The van der Waals surface area contributed by atoms with Gasteiger partial charge in [-0.25, -0.2) is 14.1 Å². The number of rotatable bonds is 6. The first-order valence-corrected chi connectivity index (χ1v) is 10.3. The predicted molar refractivity (Wildman–Crippen MR) is 107 cm³/mol. The molecule has 0 saturated carbocycles. The van der Waals surface area contributed by atoms with Gasteiger partial charge in [0.05, 0.1) is 17.7 Å². The number of halogens is 1. The summed E-state index contributed by atoms with van der Waals surface area (Å²) in [6.07, 6.45) is 5.90. The number of aryl methyl sites for hydroxylation is 1. The van der Waals surface area contributed by atoms with Crippen LogP contribution in [0.4, 0.5) is 10.2 Å². The van der Waals surface area contributed by atoms with Gasteiger partial charge in [0.2, 0.25) is 0 Å². The van der Waals surface area contributed by atoms with E-state index in [4.69, 9.17) is 0 Å². The molecule has 10 heteroatoms. The van der Waals surface area contributed by atoms with E-state index in [1.165, 1.54) is 12.1 Å². The van der Waals surface area contributed by atoms with Gasteiger partial charge in [0.1, 0.15) is 11.6 Å². The Bertz CT molecular complexity index is 1020. The van der Waals surface area contributed by atoms with Crippen LogP contribution in [0.25, 0.3) is 5.69 Å². The largest absolute Gasteiger partial charge is 0.348 e. The fourth-order valence-corrected chi connectivity index (χ4v) is 4.07.